The highest BCUT2D eigenvalue weighted by Gasteiger charge is 2.34. The molecular formula is C20H15BrFNO3S2. The zero-order chi connectivity index (χ0) is 20.1. The molecule has 3 aromatic rings. The molecule has 1 aliphatic rings. The first-order valence-electron chi connectivity index (χ1n) is 8.45. The number of halogens is 2. The standard InChI is InChI=1S/C20H15BrFNO3S2/c1-11-3-2-4-13(7-11)28(25,26)17-10-27-20-14(9-18(24)23-19(17)20)12-5-6-16(22)15(21)8-12/h2-8,10,14H,9H2,1H3,(H,23,24). The average Bonchev–Trinajstić information content (AvgIpc) is 3.08. The van der Waals surface area contributed by atoms with E-state index in [9.17, 15) is 17.6 Å². The predicted molar refractivity (Wildman–Crippen MR) is 110 cm³/mol. The number of nitrogens with one attached hydrogen (secondary N) is 1. The van der Waals surface area contributed by atoms with E-state index in [1.54, 1.807) is 35.7 Å². The van der Waals surface area contributed by atoms with E-state index in [-0.39, 0.29) is 28.0 Å². The van der Waals surface area contributed by atoms with Gasteiger partial charge in [0.15, 0.2) is 0 Å². The van der Waals surface area contributed by atoms with Crippen LogP contribution in [-0.2, 0) is 14.6 Å². The van der Waals surface area contributed by atoms with Gasteiger partial charge in [0.1, 0.15) is 10.7 Å². The molecule has 2 aromatic carbocycles. The van der Waals surface area contributed by atoms with Gasteiger partial charge in [-0.3, -0.25) is 4.79 Å². The van der Waals surface area contributed by atoms with Crippen molar-refractivity contribution in [2.45, 2.75) is 29.1 Å². The van der Waals surface area contributed by atoms with E-state index < -0.39 is 15.7 Å². The summed E-state index contributed by atoms with van der Waals surface area (Å²) in [4.78, 5) is 13.4. The van der Waals surface area contributed by atoms with Crippen LogP contribution in [0.2, 0.25) is 0 Å². The first kappa shape index (κ1) is 19.3. The van der Waals surface area contributed by atoms with Crippen molar-refractivity contribution in [2.24, 2.45) is 0 Å². The minimum Gasteiger partial charge on any atom is -0.324 e. The molecule has 0 fully saturated rings. The van der Waals surface area contributed by atoms with E-state index in [0.717, 1.165) is 16.0 Å². The van der Waals surface area contributed by atoms with E-state index in [4.69, 9.17) is 0 Å². The maximum Gasteiger partial charge on any atom is 0.225 e. The Morgan fingerprint density at radius 3 is 2.71 bits per heavy atom. The molecule has 1 aliphatic heterocycles. The summed E-state index contributed by atoms with van der Waals surface area (Å²) in [6.45, 7) is 1.83. The fourth-order valence-electron chi connectivity index (χ4n) is 3.31. The van der Waals surface area contributed by atoms with Gasteiger partial charge in [0.25, 0.3) is 0 Å². The first-order chi connectivity index (χ1) is 13.3. The lowest BCUT2D eigenvalue weighted by atomic mass is 9.91. The van der Waals surface area contributed by atoms with Crippen LogP contribution in [0.5, 0.6) is 0 Å². The van der Waals surface area contributed by atoms with Crippen molar-refractivity contribution in [3.8, 4) is 0 Å². The van der Waals surface area contributed by atoms with Gasteiger partial charge in [0, 0.05) is 22.6 Å². The van der Waals surface area contributed by atoms with Gasteiger partial charge in [-0.25, -0.2) is 12.8 Å². The topological polar surface area (TPSA) is 63.2 Å². The minimum absolute atomic E-state index is 0.0947. The van der Waals surface area contributed by atoms with Crippen molar-refractivity contribution in [1.82, 2.24) is 0 Å². The number of carbonyl (C=O) groups is 1. The van der Waals surface area contributed by atoms with E-state index >= 15 is 0 Å². The Kier molecular flexibility index (Phi) is 4.89. The van der Waals surface area contributed by atoms with Crippen molar-refractivity contribution in [3.63, 3.8) is 0 Å². The largest absolute Gasteiger partial charge is 0.324 e. The smallest absolute Gasteiger partial charge is 0.225 e. The average molecular weight is 480 g/mol. The predicted octanol–water partition coefficient (Wildman–Crippen LogP) is 5.27. The van der Waals surface area contributed by atoms with Crippen LogP contribution < -0.4 is 5.32 Å². The Hall–Kier alpha value is -2.03. The summed E-state index contributed by atoms with van der Waals surface area (Å²) < 4.78 is 40.3. The Labute approximate surface area is 174 Å². The Morgan fingerprint density at radius 2 is 2.00 bits per heavy atom. The number of rotatable bonds is 3. The maximum absolute atomic E-state index is 13.6. The summed E-state index contributed by atoms with van der Waals surface area (Å²) in [5.74, 6) is -0.984. The van der Waals surface area contributed by atoms with Crippen molar-refractivity contribution >= 4 is 48.7 Å². The lowest BCUT2D eigenvalue weighted by molar-refractivity contribution is -0.116. The molecule has 0 aliphatic carbocycles. The number of thiophene rings is 1. The Morgan fingerprint density at radius 1 is 1.21 bits per heavy atom. The van der Waals surface area contributed by atoms with E-state index in [0.29, 0.717) is 10.2 Å². The van der Waals surface area contributed by atoms with E-state index in [1.165, 1.54) is 17.4 Å². The van der Waals surface area contributed by atoms with Crippen LogP contribution in [0.3, 0.4) is 0 Å². The number of anilines is 1. The highest BCUT2D eigenvalue weighted by molar-refractivity contribution is 9.10. The Bertz CT molecular complexity index is 1200. The molecular weight excluding hydrogens is 465 g/mol. The zero-order valence-corrected chi connectivity index (χ0v) is 17.9. The molecule has 8 heteroatoms. The van der Waals surface area contributed by atoms with E-state index in [2.05, 4.69) is 21.2 Å². The van der Waals surface area contributed by atoms with Crippen LogP contribution in [-0.4, -0.2) is 14.3 Å². The van der Waals surface area contributed by atoms with Crippen molar-refractivity contribution in [3.05, 3.63) is 74.1 Å². The molecule has 4 rings (SSSR count). The summed E-state index contributed by atoms with van der Waals surface area (Å²) in [6, 6.07) is 11.3. The third-order valence-electron chi connectivity index (χ3n) is 4.69. The quantitative estimate of drug-likeness (QED) is 0.556. The lowest BCUT2D eigenvalue weighted by Crippen LogP contribution is -2.23. The van der Waals surface area contributed by atoms with Crippen molar-refractivity contribution in [1.29, 1.82) is 0 Å². The monoisotopic (exact) mass is 479 g/mol. The molecule has 2 heterocycles. The highest BCUT2D eigenvalue weighted by Crippen LogP contribution is 2.46. The van der Waals surface area contributed by atoms with Gasteiger partial charge < -0.3 is 5.32 Å². The molecule has 1 aromatic heterocycles. The number of carbonyl (C=O) groups excluding carboxylic acids is 1. The molecule has 28 heavy (non-hydrogen) atoms. The SMILES string of the molecule is Cc1cccc(S(=O)(=O)c2csc3c2NC(=O)CC3c2ccc(F)c(Br)c2)c1. The number of sulfone groups is 1. The second-order valence-electron chi connectivity index (χ2n) is 6.64. The van der Waals surface area contributed by atoms with Crippen molar-refractivity contribution < 1.29 is 17.6 Å². The van der Waals surface area contributed by atoms with E-state index in [1.807, 2.05) is 13.0 Å². The fraction of sp³-hybridized carbons (Fsp3) is 0.150. The number of hydrogen-bond donors (Lipinski definition) is 1. The molecule has 144 valence electrons. The van der Waals surface area contributed by atoms with Crippen molar-refractivity contribution in [2.75, 3.05) is 5.32 Å². The Balaban J connectivity index is 1.84. The van der Waals surface area contributed by atoms with Gasteiger partial charge in [-0.1, -0.05) is 18.2 Å². The molecule has 4 nitrogen and oxygen atoms in total. The van der Waals surface area contributed by atoms with Crippen LogP contribution in [0.15, 0.2) is 62.1 Å². The van der Waals surface area contributed by atoms with Gasteiger partial charge in [-0.15, -0.1) is 11.3 Å². The van der Waals surface area contributed by atoms with Gasteiger partial charge in [-0.05, 0) is 58.2 Å². The third-order valence-corrected chi connectivity index (χ3v) is 8.32. The molecule has 1 amide bonds. The summed E-state index contributed by atoms with van der Waals surface area (Å²) in [5.41, 5.74) is 1.92. The molecule has 0 radical (unpaired) electrons. The number of fused-ring (bicyclic) bond motifs is 1. The maximum atomic E-state index is 13.6. The number of benzene rings is 2. The minimum atomic E-state index is -3.78. The summed E-state index contributed by atoms with van der Waals surface area (Å²) in [6.07, 6.45) is 0.176. The first-order valence-corrected chi connectivity index (χ1v) is 11.6. The fourth-order valence-corrected chi connectivity index (χ4v) is 6.72. The molecule has 0 bridgehead atoms. The van der Waals surface area contributed by atoms with Gasteiger partial charge >= 0.3 is 0 Å². The molecule has 1 N–H and O–H groups in total. The number of aryl methyl sites for hydroxylation is 1. The summed E-state index contributed by atoms with van der Waals surface area (Å²) >= 11 is 4.46. The van der Waals surface area contributed by atoms with Crippen LogP contribution >= 0.6 is 27.3 Å². The molecule has 0 spiro atoms. The van der Waals surface area contributed by atoms with Crippen LogP contribution in [0.25, 0.3) is 0 Å². The summed E-state index contributed by atoms with van der Waals surface area (Å²) in [5, 5.41) is 4.30. The molecule has 0 saturated heterocycles. The molecule has 1 atom stereocenters. The van der Waals surface area contributed by atoms with Crippen LogP contribution in [0.1, 0.15) is 28.3 Å². The second-order valence-corrected chi connectivity index (χ2v) is 10.3. The van der Waals surface area contributed by atoms with Crippen LogP contribution in [0, 0.1) is 12.7 Å². The van der Waals surface area contributed by atoms with Gasteiger partial charge in [0.05, 0.1) is 15.1 Å². The normalized spacial score (nSPS) is 16.5. The zero-order valence-electron chi connectivity index (χ0n) is 14.7. The van der Waals surface area contributed by atoms with Gasteiger partial charge in [-0.2, -0.15) is 0 Å². The molecule has 0 saturated carbocycles. The third kappa shape index (κ3) is 3.29. The number of hydrogen-bond acceptors (Lipinski definition) is 4. The van der Waals surface area contributed by atoms with Crippen LogP contribution in [0.4, 0.5) is 10.1 Å². The summed E-state index contributed by atoms with van der Waals surface area (Å²) in [7, 11) is -3.78. The lowest BCUT2D eigenvalue weighted by Gasteiger charge is -2.24. The number of amides is 1. The highest BCUT2D eigenvalue weighted by atomic mass is 79.9. The van der Waals surface area contributed by atoms with Gasteiger partial charge in [0.2, 0.25) is 15.7 Å². The second kappa shape index (κ2) is 7.09. The molecule has 1 unspecified atom stereocenters.